The summed E-state index contributed by atoms with van der Waals surface area (Å²) in [6.45, 7) is 6.07. The molecule has 0 spiro atoms. The Kier molecular flexibility index (Phi) is 5.77. The Labute approximate surface area is 150 Å². The highest BCUT2D eigenvalue weighted by Crippen LogP contribution is 2.27. The molecule has 0 saturated carbocycles. The summed E-state index contributed by atoms with van der Waals surface area (Å²) in [5, 5.41) is 9.83. The summed E-state index contributed by atoms with van der Waals surface area (Å²) >= 11 is 5.27. The second-order valence-corrected chi connectivity index (χ2v) is 8.02. The highest BCUT2D eigenvalue weighted by atomic mass is 79.9. The van der Waals surface area contributed by atoms with Crippen molar-refractivity contribution in [2.45, 2.75) is 56.2 Å². The Bertz CT molecular complexity index is 653. The Morgan fingerprint density at radius 1 is 1.39 bits per heavy atom. The molecule has 3 rings (SSSR count). The Morgan fingerprint density at radius 2 is 2.26 bits per heavy atom. The van der Waals surface area contributed by atoms with E-state index in [1.54, 1.807) is 11.8 Å². The molecule has 0 amide bonds. The number of ether oxygens (including phenoxy) is 1. The second kappa shape index (κ2) is 7.81. The van der Waals surface area contributed by atoms with Crippen molar-refractivity contribution in [2.24, 2.45) is 0 Å². The van der Waals surface area contributed by atoms with Gasteiger partial charge in [0.25, 0.3) is 0 Å². The molecule has 2 heterocycles. The average Bonchev–Trinajstić information content (AvgIpc) is 3.16. The van der Waals surface area contributed by atoms with Gasteiger partial charge in [-0.1, -0.05) is 53.7 Å². The molecule has 6 heteroatoms. The summed E-state index contributed by atoms with van der Waals surface area (Å²) in [6.07, 6.45) is 2.59. The van der Waals surface area contributed by atoms with Gasteiger partial charge in [0.05, 0.1) is 12.6 Å². The van der Waals surface area contributed by atoms with Crippen LogP contribution in [0.15, 0.2) is 33.9 Å². The first-order chi connectivity index (χ1) is 11.1. The molecule has 1 aliphatic rings. The van der Waals surface area contributed by atoms with Crippen LogP contribution in [0.25, 0.3) is 0 Å². The molecule has 1 saturated heterocycles. The summed E-state index contributed by atoms with van der Waals surface area (Å²) in [5.74, 6) is 2.31. The third-order valence-electron chi connectivity index (χ3n) is 3.93. The molecule has 23 heavy (non-hydrogen) atoms. The highest BCUT2D eigenvalue weighted by Gasteiger charge is 2.22. The topological polar surface area (TPSA) is 39.9 Å². The maximum absolute atomic E-state index is 5.80. The number of nitrogens with zero attached hydrogens (tertiary/aromatic N) is 3. The number of hydrogen-bond donors (Lipinski definition) is 0. The lowest BCUT2D eigenvalue weighted by molar-refractivity contribution is 0.0940. The predicted molar refractivity (Wildman–Crippen MR) is 96.8 cm³/mol. The van der Waals surface area contributed by atoms with Crippen LogP contribution in [0, 0.1) is 0 Å². The SMILES string of the molecule is CC(C)c1nnc(SCc2cccc(Br)c2)n1CC1CCCO1. The van der Waals surface area contributed by atoms with Crippen molar-refractivity contribution in [1.29, 1.82) is 0 Å². The molecule has 1 atom stereocenters. The lowest BCUT2D eigenvalue weighted by atomic mass is 10.2. The van der Waals surface area contributed by atoms with Crippen LogP contribution >= 0.6 is 27.7 Å². The fraction of sp³-hybridized carbons (Fsp3) is 0.529. The van der Waals surface area contributed by atoms with Gasteiger partial charge in [-0.25, -0.2) is 0 Å². The lowest BCUT2D eigenvalue weighted by Crippen LogP contribution is -2.18. The van der Waals surface area contributed by atoms with E-state index in [2.05, 4.69) is 62.7 Å². The molecule has 1 fully saturated rings. The molecule has 0 aliphatic carbocycles. The fourth-order valence-electron chi connectivity index (χ4n) is 2.77. The molecule has 2 aromatic rings. The molecule has 1 aromatic carbocycles. The van der Waals surface area contributed by atoms with Crippen LogP contribution in [0.3, 0.4) is 0 Å². The number of rotatable bonds is 6. The molecule has 4 nitrogen and oxygen atoms in total. The Hall–Kier alpha value is -0.850. The number of thioether (sulfide) groups is 1. The van der Waals surface area contributed by atoms with E-state index in [0.717, 1.165) is 47.2 Å². The van der Waals surface area contributed by atoms with Crippen LogP contribution in [0.1, 0.15) is 44.0 Å². The zero-order chi connectivity index (χ0) is 16.2. The van der Waals surface area contributed by atoms with Crippen LogP contribution in [0.5, 0.6) is 0 Å². The zero-order valence-corrected chi connectivity index (χ0v) is 15.9. The third-order valence-corrected chi connectivity index (χ3v) is 5.46. The smallest absolute Gasteiger partial charge is 0.191 e. The molecule has 0 bridgehead atoms. The third kappa shape index (κ3) is 4.37. The van der Waals surface area contributed by atoms with Crippen molar-refractivity contribution in [3.05, 3.63) is 40.1 Å². The fourth-order valence-corrected chi connectivity index (χ4v) is 4.12. The Balaban J connectivity index is 1.75. The molecular weight excluding hydrogens is 374 g/mol. The van der Waals surface area contributed by atoms with Gasteiger partial charge < -0.3 is 9.30 Å². The minimum absolute atomic E-state index is 0.300. The first-order valence-electron chi connectivity index (χ1n) is 8.05. The summed E-state index contributed by atoms with van der Waals surface area (Å²) in [4.78, 5) is 0. The summed E-state index contributed by atoms with van der Waals surface area (Å²) < 4.78 is 9.17. The van der Waals surface area contributed by atoms with Gasteiger partial charge in [0, 0.05) is 22.8 Å². The number of hydrogen-bond acceptors (Lipinski definition) is 4. The van der Waals surface area contributed by atoms with Crippen LogP contribution < -0.4 is 0 Å². The minimum Gasteiger partial charge on any atom is -0.376 e. The van der Waals surface area contributed by atoms with Crippen molar-refractivity contribution in [3.63, 3.8) is 0 Å². The summed E-state index contributed by atoms with van der Waals surface area (Å²) in [6, 6.07) is 8.40. The van der Waals surface area contributed by atoms with E-state index in [0.29, 0.717) is 12.0 Å². The standard InChI is InChI=1S/C17H22BrN3OS/c1-12(2)16-19-20-17(21(16)10-15-7-4-8-22-15)23-11-13-5-3-6-14(18)9-13/h3,5-6,9,12,15H,4,7-8,10-11H2,1-2H3. The van der Waals surface area contributed by atoms with Gasteiger partial charge in [0.15, 0.2) is 5.16 Å². The maximum Gasteiger partial charge on any atom is 0.191 e. The van der Waals surface area contributed by atoms with Gasteiger partial charge in [-0.15, -0.1) is 10.2 Å². The molecule has 124 valence electrons. The monoisotopic (exact) mass is 395 g/mol. The van der Waals surface area contributed by atoms with Gasteiger partial charge in [0.1, 0.15) is 5.82 Å². The van der Waals surface area contributed by atoms with Crippen molar-refractivity contribution in [3.8, 4) is 0 Å². The first kappa shape index (κ1) is 17.0. The molecule has 1 unspecified atom stereocenters. The van der Waals surface area contributed by atoms with Crippen molar-refractivity contribution in [1.82, 2.24) is 14.8 Å². The van der Waals surface area contributed by atoms with E-state index in [4.69, 9.17) is 4.74 Å². The van der Waals surface area contributed by atoms with Gasteiger partial charge >= 0.3 is 0 Å². The summed E-state index contributed by atoms with van der Waals surface area (Å²) in [7, 11) is 0. The van der Waals surface area contributed by atoms with E-state index in [1.165, 1.54) is 5.56 Å². The molecular formula is C17H22BrN3OS. The molecule has 1 aliphatic heterocycles. The number of aromatic nitrogens is 3. The zero-order valence-electron chi connectivity index (χ0n) is 13.5. The maximum atomic E-state index is 5.80. The van der Waals surface area contributed by atoms with Crippen LogP contribution in [-0.2, 0) is 17.0 Å². The van der Waals surface area contributed by atoms with Crippen molar-refractivity contribution in [2.75, 3.05) is 6.61 Å². The van der Waals surface area contributed by atoms with Gasteiger partial charge in [0.2, 0.25) is 0 Å². The van der Waals surface area contributed by atoms with E-state index in [9.17, 15) is 0 Å². The lowest BCUT2D eigenvalue weighted by Gasteiger charge is -2.16. The Morgan fingerprint density at radius 3 is 2.96 bits per heavy atom. The van der Waals surface area contributed by atoms with E-state index < -0.39 is 0 Å². The first-order valence-corrected chi connectivity index (χ1v) is 9.83. The second-order valence-electron chi connectivity index (χ2n) is 6.16. The number of benzene rings is 1. The van der Waals surface area contributed by atoms with Gasteiger partial charge in [-0.05, 0) is 30.5 Å². The van der Waals surface area contributed by atoms with Crippen LogP contribution in [-0.4, -0.2) is 27.5 Å². The number of halogens is 1. The van der Waals surface area contributed by atoms with Crippen LogP contribution in [0.2, 0.25) is 0 Å². The van der Waals surface area contributed by atoms with E-state index >= 15 is 0 Å². The van der Waals surface area contributed by atoms with Gasteiger partial charge in [-0.2, -0.15) is 0 Å². The average molecular weight is 396 g/mol. The largest absolute Gasteiger partial charge is 0.376 e. The summed E-state index contributed by atoms with van der Waals surface area (Å²) in [5.41, 5.74) is 1.28. The van der Waals surface area contributed by atoms with E-state index in [-0.39, 0.29) is 0 Å². The molecule has 1 aromatic heterocycles. The van der Waals surface area contributed by atoms with Crippen molar-refractivity contribution < 1.29 is 4.74 Å². The van der Waals surface area contributed by atoms with Crippen LogP contribution in [0.4, 0.5) is 0 Å². The van der Waals surface area contributed by atoms with Gasteiger partial charge in [-0.3, -0.25) is 0 Å². The minimum atomic E-state index is 0.300. The van der Waals surface area contributed by atoms with E-state index in [1.807, 2.05) is 6.07 Å². The quantitative estimate of drug-likeness (QED) is 0.668. The van der Waals surface area contributed by atoms with Crippen molar-refractivity contribution >= 4 is 27.7 Å². The molecule has 0 radical (unpaired) electrons. The molecule has 0 N–H and O–H groups in total. The highest BCUT2D eigenvalue weighted by molar-refractivity contribution is 9.10. The predicted octanol–water partition coefficient (Wildman–Crippen LogP) is 4.64. The normalized spacial score (nSPS) is 18.0.